The number of rotatable bonds is 6. The Kier molecular flexibility index (Phi) is 5.88. The molecular formula is C22H25BrN2O2S. The summed E-state index contributed by atoms with van der Waals surface area (Å²) in [6.07, 6.45) is 8.38. The van der Waals surface area contributed by atoms with E-state index in [1.165, 1.54) is 16.9 Å². The van der Waals surface area contributed by atoms with Gasteiger partial charge in [0, 0.05) is 27.2 Å². The molecule has 0 bridgehead atoms. The molecule has 28 heavy (non-hydrogen) atoms. The Morgan fingerprint density at radius 2 is 2.21 bits per heavy atom. The van der Waals surface area contributed by atoms with Crippen molar-refractivity contribution < 1.29 is 9.53 Å². The van der Waals surface area contributed by atoms with Crippen LogP contribution in [0.3, 0.4) is 0 Å². The normalized spacial score (nSPS) is 18.9. The number of halogens is 1. The van der Waals surface area contributed by atoms with Crippen molar-refractivity contribution >= 4 is 44.4 Å². The van der Waals surface area contributed by atoms with Gasteiger partial charge in [-0.15, -0.1) is 11.3 Å². The molecule has 4 nitrogen and oxygen atoms in total. The average Bonchev–Trinajstić information content (AvgIpc) is 3.43. The van der Waals surface area contributed by atoms with E-state index in [2.05, 4.69) is 28.2 Å². The summed E-state index contributed by atoms with van der Waals surface area (Å²) < 4.78 is 6.42. The molecule has 1 aromatic carbocycles. The number of hydrogen-bond donors (Lipinski definition) is 1. The highest BCUT2D eigenvalue weighted by Gasteiger charge is 2.31. The number of nitrogens with one attached hydrogen (secondary N) is 1. The third-order valence-electron chi connectivity index (χ3n) is 5.58. The van der Waals surface area contributed by atoms with Gasteiger partial charge in [-0.3, -0.25) is 4.79 Å². The second-order valence-electron chi connectivity index (χ2n) is 7.59. The van der Waals surface area contributed by atoms with Crippen LogP contribution in [0.2, 0.25) is 0 Å². The third kappa shape index (κ3) is 4.18. The quantitative estimate of drug-likeness (QED) is 0.563. The number of carbonyl (C=O) groups is 1. The van der Waals surface area contributed by atoms with Crippen molar-refractivity contribution in [3.63, 3.8) is 0 Å². The largest absolute Gasteiger partial charge is 0.496 e. The van der Waals surface area contributed by atoms with Crippen LogP contribution in [-0.2, 0) is 12.8 Å². The number of thiophene rings is 1. The molecule has 2 aromatic rings. The van der Waals surface area contributed by atoms with Crippen LogP contribution in [-0.4, -0.2) is 25.3 Å². The van der Waals surface area contributed by atoms with Crippen LogP contribution in [0, 0.1) is 5.92 Å². The average molecular weight is 461 g/mol. The van der Waals surface area contributed by atoms with Gasteiger partial charge in [0.15, 0.2) is 0 Å². The topological polar surface area (TPSA) is 50.7 Å². The van der Waals surface area contributed by atoms with Crippen molar-refractivity contribution in [2.75, 3.05) is 7.11 Å². The fourth-order valence-corrected chi connectivity index (χ4v) is 5.41. The highest BCUT2D eigenvalue weighted by molar-refractivity contribution is 9.10. The molecule has 1 unspecified atom stereocenters. The van der Waals surface area contributed by atoms with E-state index >= 15 is 0 Å². The van der Waals surface area contributed by atoms with Gasteiger partial charge >= 0.3 is 0 Å². The van der Waals surface area contributed by atoms with E-state index in [4.69, 9.17) is 9.73 Å². The molecule has 1 fully saturated rings. The molecule has 0 spiro atoms. The molecule has 2 aliphatic carbocycles. The number of nitrogens with zero attached hydrogens (tertiary/aromatic N) is 1. The van der Waals surface area contributed by atoms with Gasteiger partial charge in [0.2, 0.25) is 0 Å². The summed E-state index contributed by atoms with van der Waals surface area (Å²) in [5.41, 5.74) is 2.91. The van der Waals surface area contributed by atoms with Crippen LogP contribution < -0.4 is 10.1 Å². The first kappa shape index (κ1) is 19.6. The van der Waals surface area contributed by atoms with E-state index in [9.17, 15) is 4.79 Å². The number of methoxy groups -OCH3 is 1. The number of carbonyl (C=O) groups excluding carboxylic acids is 1. The number of aliphatic imine (C=N–C) groups is 1. The Morgan fingerprint density at radius 3 is 2.93 bits per heavy atom. The minimum absolute atomic E-state index is 0.0447. The minimum atomic E-state index is 0.0447. The number of fused-ring (bicyclic) bond motifs is 1. The number of hydrogen-bond acceptors (Lipinski definition) is 4. The van der Waals surface area contributed by atoms with Crippen molar-refractivity contribution in [3.8, 4) is 5.75 Å². The smallest absolute Gasteiger partial charge is 0.254 e. The lowest BCUT2D eigenvalue weighted by atomic mass is 9.85. The summed E-state index contributed by atoms with van der Waals surface area (Å²) in [7, 11) is 1.66. The number of ether oxygens (including phenoxy) is 1. The van der Waals surface area contributed by atoms with Crippen LogP contribution in [0.25, 0.3) is 0 Å². The summed E-state index contributed by atoms with van der Waals surface area (Å²) in [5.74, 6) is 1.53. The summed E-state index contributed by atoms with van der Waals surface area (Å²) in [4.78, 5) is 19.1. The van der Waals surface area contributed by atoms with E-state index in [1.54, 1.807) is 18.4 Å². The molecule has 2 aliphatic rings. The van der Waals surface area contributed by atoms with Crippen molar-refractivity contribution in [2.45, 2.75) is 51.5 Å². The molecular weight excluding hydrogens is 436 g/mol. The summed E-state index contributed by atoms with van der Waals surface area (Å²) in [6, 6.07) is 6.18. The Hall–Kier alpha value is -1.66. The van der Waals surface area contributed by atoms with Crippen LogP contribution in [0.5, 0.6) is 5.75 Å². The van der Waals surface area contributed by atoms with Crippen molar-refractivity contribution in [2.24, 2.45) is 10.9 Å². The lowest BCUT2D eigenvalue weighted by molar-refractivity contribution is 0.0951. The Bertz CT molecular complexity index is 918. The Labute approximate surface area is 178 Å². The molecule has 4 rings (SSSR count). The zero-order chi connectivity index (χ0) is 19.7. The molecule has 0 aliphatic heterocycles. The second kappa shape index (κ2) is 8.37. The van der Waals surface area contributed by atoms with Crippen molar-refractivity contribution in [3.05, 3.63) is 44.2 Å². The third-order valence-corrected chi connectivity index (χ3v) is 7.23. The first-order chi connectivity index (χ1) is 13.6. The second-order valence-corrected chi connectivity index (χ2v) is 9.59. The number of benzene rings is 1. The minimum Gasteiger partial charge on any atom is -0.496 e. The lowest BCUT2D eigenvalue weighted by Crippen LogP contribution is -2.26. The zero-order valence-corrected chi connectivity index (χ0v) is 18.7. The van der Waals surface area contributed by atoms with Gasteiger partial charge in [-0.25, -0.2) is 4.99 Å². The molecule has 1 atom stereocenters. The zero-order valence-electron chi connectivity index (χ0n) is 16.3. The molecule has 0 radical (unpaired) electrons. The van der Waals surface area contributed by atoms with Crippen molar-refractivity contribution in [1.82, 2.24) is 5.32 Å². The molecule has 1 amide bonds. The monoisotopic (exact) mass is 460 g/mol. The lowest BCUT2D eigenvalue weighted by Gasteiger charge is -2.21. The maximum absolute atomic E-state index is 13.0. The van der Waals surface area contributed by atoms with Gasteiger partial charge in [0.25, 0.3) is 5.91 Å². The standard InChI is InChI=1S/C22H25BrN2O2S/c1-3-13-4-8-17-19(10-13)28-22(20(17)21(26)25-16-6-7-16)24-12-14-11-15(23)5-9-18(14)27-2/h5,9,11-13,16H,3-4,6-8,10H2,1-2H3,(H,25,26)/b24-12+. The van der Waals surface area contributed by atoms with Crippen LogP contribution in [0.15, 0.2) is 27.7 Å². The van der Waals surface area contributed by atoms with E-state index < -0.39 is 0 Å². The van der Waals surface area contributed by atoms with E-state index in [0.717, 1.165) is 58.5 Å². The molecule has 6 heteroatoms. The van der Waals surface area contributed by atoms with Gasteiger partial charge in [-0.05, 0) is 61.8 Å². The fraction of sp³-hybridized carbons (Fsp3) is 0.455. The van der Waals surface area contributed by atoms with Gasteiger partial charge in [0.1, 0.15) is 10.8 Å². The highest BCUT2D eigenvalue weighted by Crippen LogP contribution is 2.42. The Morgan fingerprint density at radius 1 is 1.39 bits per heavy atom. The molecule has 1 saturated carbocycles. The van der Waals surface area contributed by atoms with Gasteiger partial charge < -0.3 is 10.1 Å². The molecule has 148 valence electrons. The van der Waals surface area contributed by atoms with Crippen LogP contribution in [0.1, 0.15) is 59.0 Å². The van der Waals surface area contributed by atoms with Gasteiger partial charge in [-0.2, -0.15) is 0 Å². The molecule has 0 saturated heterocycles. The van der Waals surface area contributed by atoms with Crippen molar-refractivity contribution in [1.29, 1.82) is 0 Å². The molecule has 1 aromatic heterocycles. The van der Waals surface area contributed by atoms with Gasteiger partial charge in [-0.1, -0.05) is 29.3 Å². The van der Waals surface area contributed by atoms with E-state index in [0.29, 0.717) is 12.0 Å². The molecule has 1 N–H and O–H groups in total. The van der Waals surface area contributed by atoms with E-state index in [1.807, 2.05) is 24.4 Å². The predicted molar refractivity (Wildman–Crippen MR) is 119 cm³/mol. The predicted octanol–water partition coefficient (Wildman–Crippen LogP) is 5.68. The molecule has 1 heterocycles. The van der Waals surface area contributed by atoms with E-state index in [-0.39, 0.29) is 5.91 Å². The number of amides is 1. The summed E-state index contributed by atoms with van der Waals surface area (Å²) in [6.45, 7) is 2.25. The SMILES string of the molecule is CCC1CCc2c(sc(/N=C/c3cc(Br)ccc3OC)c2C(=O)NC2CC2)C1. The maximum Gasteiger partial charge on any atom is 0.254 e. The van der Waals surface area contributed by atoms with Crippen LogP contribution in [0.4, 0.5) is 5.00 Å². The Balaban J connectivity index is 1.70. The van der Waals surface area contributed by atoms with Crippen LogP contribution >= 0.6 is 27.3 Å². The fourth-order valence-electron chi connectivity index (χ4n) is 3.73. The van der Waals surface area contributed by atoms with Gasteiger partial charge in [0.05, 0.1) is 12.7 Å². The first-order valence-electron chi connectivity index (χ1n) is 9.92. The maximum atomic E-state index is 13.0. The summed E-state index contributed by atoms with van der Waals surface area (Å²) in [5, 5.41) is 3.98. The summed E-state index contributed by atoms with van der Waals surface area (Å²) >= 11 is 5.19. The highest BCUT2D eigenvalue weighted by atomic mass is 79.9. The first-order valence-corrected chi connectivity index (χ1v) is 11.5.